The number of nitrogens with one attached hydrogen (secondary N) is 1. The van der Waals surface area contributed by atoms with Crippen molar-refractivity contribution < 1.29 is 14.3 Å². The Morgan fingerprint density at radius 2 is 1.70 bits per heavy atom. The van der Waals surface area contributed by atoms with Crippen molar-refractivity contribution in [3.63, 3.8) is 0 Å². The maximum Gasteiger partial charge on any atom is 0.396 e. The quantitative estimate of drug-likeness (QED) is 0.624. The third-order valence-corrected chi connectivity index (χ3v) is 5.47. The number of carbonyl (C=O) groups is 2. The van der Waals surface area contributed by atoms with Gasteiger partial charge in [-0.25, -0.2) is 4.79 Å². The van der Waals surface area contributed by atoms with E-state index in [2.05, 4.69) is 19.2 Å². The maximum atomic E-state index is 12.0. The molecule has 112 valence electrons. The standard InChI is InChI=1S/C16H25NO3/c1-4-20-13(19)12(18)17-16-7-11-5-14(2,9-16)8-15(3,6-11)10-16/h11H,4-10H2,1-3H3,(H,17,18). The van der Waals surface area contributed by atoms with Gasteiger partial charge in [0, 0.05) is 5.54 Å². The Labute approximate surface area is 120 Å². The first kappa shape index (κ1) is 13.9. The van der Waals surface area contributed by atoms with Crippen LogP contribution in [0.25, 0.3) is 0 Å². The second-order valence-corrected chi connectivity index (χ2v) is 8.08. The average Bonchev–Trinajstić information content (AvgIpc) is 2.23. The van der Waals surface area contributed by atoms with Crippen LogP contribution in [0.4, 0.5) is 0 Å². The van der Waals surface area contributed by atoms with E-state index in [-0.39, 0.29) is 12.1 Å². The molecular formula is C16H25NO3. The van der Waals surface area contributed by atoms with E-state index < -0.39 is 11.9 Å². The number of rotatable bonds is 2. The van der Waals surface area contributed by atoms with E-state index in [1.54, 1.807) is 6.92 Å². The molecule has 0 aromatic rings. The van der Waals surface area contributed by atoms with Crippen molar-refractivity contribution in [2.75, 3.05) is 6.61 Å². The molecule has 0 aromatic heterocycles. The van der Waals surface area contributed by atoms with Crippen molar-refractivity contribution >= 4 is 11.9 Å². The molecular weight excluding hydrogens is 254 g/mol. The second kappa shape index (κ2) is 4.22. The van der Waals surface area contributed by atoms with E-state index in [0.29, 0.717) is 16.7 Å². The first-order valence-corrected chi connectivity index (χ1v) is 7.76. The van der Waals surface area contributed by atoms with E-state index in [1.165, 1.54) is 19.3 Å². The third-order valence-electron chi connectivity index (χ3n) is 5.47. The summed E-state index contributed by atoms with van der Waals surface area (Å²) >= 11 is 0. The Balaban J connectivity index is 1.79. The van der Waals surface area contributed by atoms with Gasteiger partial charge in [0.2, 0.25) is 0 Å². The monoisotopic (exact) mass is 279 g/mol. The van der Waals surface area contributed by atoms with Crippen LogP contribution < -0.4 is 5.32 Å². The van der Waals surface area contributed by atoms with Crippen LogP contribution >= 0.6 is 0 Å². The fraction of sp³-hybridized carbons (Fsp3) is 0.875. The number of ether oxygens (including phenoxy) is 1. The lowest BCUT2D eigenvalue weighted by Crippen LogP contribution is -2.65. The van der Waals surface area contributed by atoms with Crippen molar-refractivity contribution in [3.05, 3.63) is 0 Å². The molecule has 4 rings (SSSR count). The fourth-order valence-corrected chi connectivity index (χ4v) is 6.08. The molecule has 0 saturated heterocycles. The first-order chi connectivity index (χ1) is 9.27. The Kier molecular flexibility index (Phi) is 2.93. The summed E-state index contributed by atoms with van der Waals surface area (Å²) < 4.78 is 4.82. The minimum absolute atomic E-state index is 0.174. The molecule has 0 aromatic carbocycles. The van der Waals surface area contributed by atoms with Gasteiger partial charge in [-0.15, -0.1) is 0 Å². The number of hydrogen-bond acceptors (Lipinski definition) is 3. The van der Waals surface area contributed by atoms with Gasteiger partial charge in [0.05, 0.1) is 6.61 Å². The molecule has 1 N–H and O–H groups in total. The van der Waals surface area contributed by atoms with Crippen LogP contribution in [0.3, 0.4) is 0 Å². The number of hydrogen-bond donors (Lipinski definition) is 1. The fourth-order valence-electron chi connectivity index (χ4n) is 6.08. The van der Waals surface area contributed by atoms with E-state index in [0.717, 1.165) is 19.3 Å². The SMILES string of the molecule is CCOC(=O)C(=O)NC12CC3CC(C)(CC(C)(C3)C1)C2. The average molecular weight is 279 g/mol. The highest BCUT2D eigenvalue weighted by molar-refractivity contribution is 6.32. The van der Waals surface area contributed by atoms with Crippen molar-refractivity contribution in [1.82, 2.24) is 5.32 Å². The molecule has 0 spiro atoms. The first-order valence-electron chi connectivity index (χ1n) is 7.76. The number of esters is 1. The second-order valence-electron chi connectivity index (χ2n) is 8.08. The van der Waals surface area contributed by atoms with Crippen LogP contribution in [0.1, 0.15) is 59.3 Å². The molecule has 0 radical (unpaired) electrons. The topological polar surface area (TPSA) is 55.4 Å². The Morgan fingerprint density at radius 3 is 2.20 bits per heavy atom. The summed E-state index contributed by atoms with van der Waals surface area (Å²) in [5, 5.41) is 3.05. The molecule has 20 heavy (non-hydrogen) atoms. The van der Waals surface area contributed by atoms with Gasteiger partial charge >= 0.3 is 11.9 Å². The van der Waals surface area contributed by atoms with Crippen LogP contribution in [0.2, 0.25) is 0 Å². The molecule has 4 fully saturated rings. The highest BCUT2D eigenvalue weighted by Gasteiger charge is 2.60. The van der Waals surface area contributed by atoms with Gasteiger partial charge in [0.1, 0.15) is 0 Å². The number of carbonyl (C=O) groups excluding carboxylic acids is 2. The van der Waals surface area contributed by atoms with Gasteiger partial charge < -0.3 is 10.1 Å². The van der Waals surface area contributed by atoms with Crippen LogP contribution in [-0.4, -0.2) is 24.0 Å². The summed E-state index contributed by atoms with van der Waals surface area (Å²) in [4.78, 5) is 23.6. The molecule has 0 heterocycles. The summed E-state index contributed by atoms with van der Waals surface area (Å²) in [6.07, 6.45) is 6.87. The predicted octanol–water partition coefficient (Wildman–Crippen LogP) is 2.41. The smallest absolute Gasteiger partial charge is 0.396 e. The number of amides is 1. The molecule has 0 aliphatic heterocycles. The van der Waals surface area contributed by atoms with Crippen LogP contribution in [0.5, 0.6) is 0 Å². The van der Waals surface area contributed by atoms with Gasteiger partial charge in [0.15, 0.2) is 0 Å². The van der Waals surface area contributed by atoms with Crippen LogP contribution in [-0.2, 0) is 14.3 Å². The molecule has 4 heteroatoms. The Bertz CT molecular complexity index is 441. The van der Waals surface area contributed by atoms with E-state index in [9.17, 15) is 9.59 Å². The van der Waals surface area contributed by atoms with E-state index >= 15 is 0 Å². The Hall–Kier alpha value is -1.06. The molecule has 4 bridgehead atoms. The van der Waals surface area contributed by atoms with E-state index in [4.69, 9.17) is 4.74 Å². The van der Waals surface area contributed by atoms with Crippen molar-refractivity contribution in [3.8, 4) is 0 Å². The summed E-state index contributed by atoms with van der Waals surface area (Å²) in [6, 6.07) is 0. The molecule has 4 nitrogen and oxygen atoms in total. The zero-order valence-electron chi connectivity index (χ0n) is 12.8. The van der Waals surface area contributed by atoms with Gasteiger partial charge in [-0.05, 0) is 62.2 Å². The molecule has 4 saturated carbocycles. The summed E-state index contributed by atoms with van der Waals surface area (Å²) in [5.74, 6) is -0.594. The highest BCUT2D eigenvalue weighted by Crippen LogP contribution is 2.66. The van der Waals surface area contributed by atoms with Gasteiger partial charge in [-0.2, -0.15) is 0 Å². The largest absolute Gasteiger partial charge is 0.459 e. The summed E-state index contributed by atoms with van der Waals surface area (Å²) in [6.45, 7) is 6.66. The van der Waals surface area contributed by atoms with Gasteiger partial charge in [-0.3, -0.25) is 4.79 Å². The molecule has 4 aliphatic rings. The van der Waals surface area contributed by atoms with Crippen LogP contribution in [0.15, 0.2) is 0 Å². The van der Waals surface area contributed by atoms with Crippen molar-refractivity contribution in [1.29, 1.82) is 0 Å². The normalized spacial score (nSPS) is 45.2. The minimum Gasteiger partial charge on any atom is -0.459 e. The lowest BCUT2D eigenvalue weighted by molar-refractivity contribution is -0.160. The zero-order chi connectivity index (χ0) is 14.6. The summed E-state index contributed by atoms with van der Waals surface area (Å²) in [5.41, 5.74) is 0.485. The summed E-state index contributed by atoms with van der Waals surface area (Å²) in [7, 11) is 0. The van der Waals surface area contributed by atoms with Crippen molar-refractivity contribution in [2.45, 2.75) is 64.8 Å². The third kappa shape index (κ3) is 2.23. The van der Waals surface area contributed by atoms with E-state index in [1.807, 2.05) is 0 Å². The maximum absolute atomic E-state index is 12.0. The lowest BCUT2D eigenvalue weighted by Gasteiger charge is -2.65. The lowest BCUT2D eigenvalue weighted by atomic mass is 9.43. The Morgan fingerprint density at radius 1 is 1.10 bits per heavy atom. The van der Waals surface area contributed by atoms with Crippen LogP contribution in [0, 0.1) is 16.7 Å². The zero-order valence-corrected chi connectivity index (χ0v) is 12.8. The minimum atomic E-state index is -0.737. The highest BCUT2D eigenvalue weighted by atomic mass is 16.5. The molecule has 1 amide bonds. The molecule has 2 atom stereocenters. The predicted molar refractivity (Wildman–Crippen MR) is 74.9 cm³/mol. The van der Waals surface area contributed by atoms with Crippen molar-refractivity contribution in [2.24, 2.45) is 16.7 Å². The molecule has 4 aliphatic carbocycles. The molecule has 2 unspecified atom stereocenters. The van der Waals surface area contributed by atoms with Gasteiger partial charge in [-0.1, -0.05) is 13.8 Å². The van der Waals surface area contributed by atoms with Gasteiger partial charge in [0.25, 0.3) is 0 Å².